The molecule has 104 valence electrons. The summed E-state index contributed by atoms with van der Waals surface area (Å²) in [5.41, 5.74) is 6.97. The van der Waals surface area contributed by atoms with E-state index in [1.165, 1.54) is 19.3 Å². The van der Waals surface area contributed by atoms with Gasteiger partial charge in [-0.15, -0.1) is 0 Å². The Morgan fingerprint density at radius 3 is 2.74 bits per heavy atom. The van der Waals surface area contributed by atoms with Crippen LogP contribution in [0.25, 0.3) is 0 Å². The molecule has 1 aromatic carbocycles. The minimum absolute atomic E-state index is 0.00537. The number of nitrogens with two attached hydrogens (primary N) is 1. The van der Waals surface area contributed by atoms with Gasteiger partial charge in [-0.1, -0.05) is 6.42 Å². The van der Waals surface area contributed by atoms with Gasteiger partial charge in [-0.2, -0.15) is 0 Å². The smallest absolute Gasteiger partial charge is 0.256 e. The van der Waals surface area contributed by atoms with Crippen molar-refractivity contribution in [2.45, 2.75) is 26.2 Å². The normalized spacial score (nSPS) is 14.8. The summed E-state index contributed by atoms with van der Waals surface area (Å²) in [6.45, 7) is 3.56. The van der Waals surface area contributed by atoms with Crippen molar-refractivity contribution < 1.29 is 9.53 Å². The van der Waals surface area contributed by atoms with Crippen LogP contribution in [-0.4, -0.2) is 31.0 Å². The molecule has 0 atom stereocenters. The first kappa shape index (κ1) is 13.7. The van der Waals surface area contributed by atoms with E-state index in [-0.39, 0.29) is 5.91 Å². The molecule has 2 rings (SSSR count). The van der Waals surface area contributed by atoms with Crippen molar-refractivity contribution in [1.29, 1.82) is 0 Å². The molecule has 1 aliphatic rings. The number of benzene rings is 1. The van der Waals surface area contributed by atoms with Crippen LogP contribution in [0.3, 0.4) is 0 Å². The number of methoxy groups -OCH3 is 1. The number of carbonyl (C=O) groups excluding carboxylic acids is 1. The molecule has 0 spiro atoms. The molecule has 19 heavy (non-hydrogen) atoms. The number of hydrogen-bond donors (Lipinski definition) is 1. The molecule has 4 nitrogen and oxygen atoms in total. The van der Waals surface area contributed by atoms with Crippen molar-refractivity contribution >= 4 is 11.6 Å². The highest BCUT2D eigenvalue weighted by Gasteiger charge is 2.24. The van der Waals surface area contributed by atoms with Crippen molar-refractivity contribution in [3.63, 3.8) is 0 Å². The monoisotopic (exact) mass is 262 g/mol. The molecular weight excluding hydrogens is 240 g/mol. The lowest BCUT2D eigenvalue weighted by molar-refractivity contribution is 0.0707. The lowest BCUT2D eigenvalue weighted by Gasteiger charge is -2.32. The number of amides is 1. The van der Waals surface area contributed by atoms with Gasteiger partial charge in [0.25, 0.3) is 5.91 Å². The van der Waals surface area contributed by atoms with E-state index >= 15 is 0 Å². The van der Waals surface area contributed by atoms with Crippen LogP contribution in [0.5, 0.6) is 5.75 Å². The maximum Gasteiger partial charge on any atom is 0.256 e. The highest BCUT2D eigenvalue weighted by atomic mass is 16.5. The predicted molar refractivity (Wildman–Crippen MR) is 76.3 cm³/mol. The minimum atomic E-state index is 0.00537. The Kier molecular flexibility index (Phi) is 4.30. The number of ether oxygens (including phenoxy) is 1. The van der Waals surface area contributed by atoms with Crippen LogP contribution in [-0.2, 0) is 0 Å². The molecule has 1 fully saturated rings. The fourth-order valence-electron chi connectivity index (χ4n) is 2.36. The van der Waals surface area contributed by atoms with Gasteiger partial charge in [-0.3, -0.25) is 4.79 Å². The molecular formula is C15H22N2O2. The highest BCUT2D eigenvalue weighted by molar-refractivity contribution is 5.99. The van der Waals surface area contributed by atoms with Gasteiger partial charge in [-0.25, -0.2) is 0 Å². The number of rotatable bonds is 5. The quantitative estimate of drug-likeness (QED) is 0.830. The second-order valence-corrected chi connectivity index (χ2v) is 5.09. The number of nitrogen functional groups attached to an aromatic ring is 1. The van der Waals surface area contributed by atoms with E-state index in [1.807, 2.05) is 11.8 Å². The first-order valence-electron chi connectivity index (χ1n) is 6.88. The summed E-state index contributed by atoms with van der Waals surface area (Å²) >= 11 is 0. The third-order valence-electron chi connectivity index (χ3n) is 3.86. The zero-order chi connectivity index (χ0) is 13.8. The van der Waals surface area contributed by atoms with E-state index < -0.39 is 0 Å². The number of hydrogen-bond acceptors (Lipinski definition) is 3. The van der Waals surface area contributed by atoms with Gasteiger partial charge in [-0.05, 0) is 43.9 Å². The topological polar surface area (TPSA) is 55.6 Å². The van der Waals surface area contributed by atoms with E-state index in [1.54, 1.807) is 25.3 Å². The van der Waals surface area contributed by atoms with E-state index in [0.717, 1.165) is 6.54 Å². The molecule has 4 heteroatoms. The summed E-state index contributed by atoms with van der Waals surface area (Å²) in [5.74, 6) is 1.33. The molecule has 1 amide bonds. The third-order valence-corrected chi connectivity index (χ3v) is 3.86. The van der Waals surface area contributed by atoms with Crippen molar-refractivity contribution in [3.05, 3.63) is 23.8 Å². The van der Waals surface area contributed by atoms with Gasteiger partial charge in [0, 0.05) is 18.8 Å². The summed E-state index contributed by atoms with van der Waals surface area (Å²) in [6.07, 6.45) is 3.76. The van der Waals surface area contributed by atoms with E-state index in [2.05, 4.69) is 0 Å². The SMILES string of the molecule is CCN(CC1CCC1)C(=O)c1cc(OC)ccc1N. The third kappa shape index (κ3) is 3.00. The highest BCUT2D eigenvalue weighted by Crippen LogP contribution is 2.28. The van der Waals surface area contributed by atoms with E-state index in [9.17, 15) is 4.79 Å². The zero-order valence-corrected chi connectivity index (χ0v) is 11.7. The van der Waals surface area contributed by atoms with Crippen LogP contribution < -0.4 is 10.5 Å². The molecule has 0 unspecified atom stereocenters. The second kappa shape index (κ2) is 5.95. The number of nitrogens with zero attached hydrogens (tertiary/aromatic N) is 1. The zero-order valence-electron chi connectivity index (χ0n) is 11.7. The van der Waals surface area contributed by atoms with Crippen LogP contribution in [0.15, 0.2) is 18.2 Å². The molecule has 0 aliphatic heterocycles. The summed E-state index contributed by atoms with van der Waals surface area (Å²) in [6, 6.07) is 5.22. The average molecular weight is 262 g/mol. The average Bonchev–Trinajstić information content (AvgIpc) is 2.38. The van der Waals surface area contributed by atoms with Crippen LogP contribution in [0.2, 0.25) is 0 Å². The number of anilines is 1. The molecule has 1 aromatic rings. The molecule has 0 heterocycles. The standard InChI is InChI=1S/C15H22N2O2/c1-3-17(10-11-5-4-6-11)15(18)13-9-12(19-2)7-8-14(13)16/h7-9,11H,3-6,10,16H2,1-2H3. The lowest BCUT2D eigenvalue weighted by Crippen LogP contribution is -2.37. The first-order chi connectivity index (χ1) is 9.15. The van der Waals surface area contributed by atoms with Crippen molar-refractivity contribution in [1.82, 2.24) is 4.90 Å². The molecule has 1 saturated carbocycles. The van der Waals surface area contributed by atoms with Gasteiger partial charge < -0.3 is 15.4 Å². The summed E-state index contributed by atoms with van der Waals surface area (Å²) in [5, 5.41) is 0. The Balaban J connectivity index is 2.15. The van der Waals surface area contributed by atoms with Crippen molar-refractivity contribution in [3.8, 4) is 5.75 Å². The van der Waals surface area contributed by atoms with Crippen molar-refractivity contribution in [2.24, 2.45) is 5.92 Å². The Morgan fingerprint density at radius 2 is 2.21 bits per heavy atom. The van der Waals surface area contributed by atoms with Crippen LogP contribution in [0, 0.1) is 5.92 Å². The van der Waals surface area contributed by atoms with Gasteiger partial charge in [0.15, 0.2) is 0 Å². The van der Waals surface area contributed by atoms with Gasteiger partial charge in [0.1, 0.15) is 5.75 Å². The van der Waals surface area contributed by atoms with E-state index in [0.29, 0.717) is 29.5 Å². The van der Waals surface area contributed by atoms with Gasteiger partial charge in [0.05, 0.1) is 12.7 Å². The van der Waals surface area contributed by atoms with Gasteiger partial charge in [0.2, 0.25) is 0 Å². The predicted octanol–water partition coefficient (Wildman–Crippen LogP) is 2.54. The molecule has 0 saturated heterocycles. The molecule has 0 radical (unpaired) electrons. The maximum atomic E-state index is 12.5. The Morgan fingerprint density at radius 1 is 1.47 bits per heavy atom. The fourth-order valence-corrected chi connectivity index (χ4v) is 2.36. The van der Waals surface area contributed by atoms with Crippen LogP contribution in [0.1, 0.15) is 36.5 Å². The van der Waals surface area contributed by atoms with E-state index in [4.69, 9.17) is 10.5 Å². The Labute approximate surface area is 114 Å². The van der Waals surface area contributed by atoms with Gasteiger partial charge >= 0.3 is 0 Å². The fraction of sp³-hybridized carbons (Fsp3) is 0.533. The van der Waals surface area contributed by atoms with Crippen LogP contribution >= 0.6 is 0 Å². The van der Waals surface area contributed by atoms with Crippen molar-refractivity contribution in [2.75, 3.05) is 25.9 Å². The summed E-state index contributed by atoms with van der Waals surface area (Å²) in [4.78, 5) is 14.4. The number of carbonyl (C=O) groups is 1. The maximum absolute atomic E-state index is 12.5. The minimum Gasteiger partial charge on any atom is -0.497 e. The lowest BCUT2D eigenvalue weighted by atomic mass is 9.85. The second-order valence-electron chi connectivity index (χ2n) is 5.09. The largest absolute Gasteiger partial charge is 0.497 e. The molecule has 1 aliphatic carbocycles. The Hall–Kier alpha value is -1.71. The van der Waals surface area contributed by atoms with Crippen LogP contribution in [0.4, 0.5) is 5.69 Å². The molecule has 2 N–H and O–H groups in total. The summed E-state index contributed by atoms with van der Waals surface area (Å²) in [7, 11) is 1.59. The first-order valence-corrected chi connectivity index (χ1v) is 6.88. The Bertz CT molecular complexity index is 455. The molecule has 0 aromatic heterocycles. The molecule has 0 bridgehead atoms. The summed E-state index contributed by atoms with van der Waals surface area (Å²) < 4.78 is 5.16.